The predicted molar refractivity (Wildman–Crippen MR) is 122 cm³/mol. The molecular weight excluding hydrogens is 441 g/mol. The van der Waals surface area contributed by atoms with Gasteiger partial charge in [0.25, 0.3) is 0 Å². The van der Waals surface area contributed by atoms with Gasteiger partial charge in [-0.3, -0.25) is 9.88 Å². The van der Waals surface area contributed by atoms with Crippen LogP contribution in [0.2, 0.25) is 0 Å². The summed E-state index contributed by atoms with van der Waals surface area (Å²) in [6.45, 7) is 2.54. The largest absolute Gasteiger partial charge is 0.573 e. The van der Waals surface area contributed by atoms with Crippen molar-refractivity contribution in [3.8, 4) is 17.0 Å². The van der Waals surface area contributed by atoms with Crippen molar-refractivity contribution < 1.29 is 17.9 Å². The fraction of sp³-hybridized carbons (Fsp3) is 0.423. The smallest absolute Gasteiger partial charge is 0.406 e. The van der Waals surface area contributed by atoms with Crippen LogP contribution < -0.4 is 4.74 Å². The van der Waals surface area contributed by atoms with E-state index in [4.69, 9.17) is 9.97 Å². The topological polar surface area (TPSA) is 51.1 Å². The molecule has 0 atom stereocenters. The molecule has 0 saturated heterocycles. The summed E-state index contributed by atoms with van der Waals surface area (Å²) in [6.07, 6.45) is 6.39. The van der Waals surface area contributed by atoms with E-state index in [1.807, 2.05) is 24.5 Å². The molecule has 3 heterocycles. The maximum absolute atomic E-state index is 12.3. The molecule has 5 nitrogen and oxygen atoms in total. The average molecular weight is 469 g/mol. The number of fused-ring (bicyclic) bond motifs is 1. The molecule has 1 aliphatic heterocycles. The first-order valence-corrected chi connectivity index (χ1v) is 11.8. The first-order valence-electron chi connectivity index (χ1n) is 11.8. The molecule has 0 spiro atoms. The Balaban J connectivity index is 1.20. The molecule has 0 radical (unpaired) electrons. The lowest BCUT2D eigenvalue weighted by Crippen LogP contribution is -2.31. The number of benzene rings is 1. The number of nitrogens with zero attached hydrogens (tertiary/aromatic N) is 4. The first-order chi connectivity index (χ1) is 16.4. The van der Waals surface area contributed by atoms with E-state index in [-0.39, 0.29) is 5.75 Å². The maximum atomic E-state index is 12.3. The van der Waals surface area contributed by atoms with Crippen LogP contribution in [0.1, 0.15) is 60.7 Å². The second-order valence-corrected chi connectivity index (χ2v) is 9.12. The van der Waals surface area contributed by atoms with E-state index >= 15 is 0 Å². The molecular formula is C26H27F3N4O. The molecule has 1 aromatic carbocycles. The standard InChI is InChI=1S/C26H27F3N4O/c27-26(28,29)34-22-9-7-19(8-10-22)23-11-6-18(14-30-23)16-33-13-12-24-21(17-33)15-31-25(32-24)20-4-2-1-3-5-20/h6-11,14-15,20H,1-5,12-13,16-17H2. The Morgan fingerprint density at radius 3 is 2.44 bits per heavy atom. The van der Waals surface area contributed by atoms with Gasteiger partial charge in [0.2, 0.25) is 0 Å². The van der Waals surface area contributed by atoms with E-state index in [1.165, 1.54) is 55.5 Å². The molecule has 5 rings (SSSR count). The van der Waals surface area contributed by atoms with Gasteiger partial charge in [0, 0.05) is 61.2 Å². The van der Waals surface area contributed by atoms with Crippen LogP contribution in [0.3, 0.4) is 0 Å². The Morgan fingerprint density at radius 1 is 0.941 bits per heavy atom. The fourth-order valence-corrected chi connectivity index (χ4v) is 4.86. The minimum absolute atomic E-state index is 0.243. The molecule has 0 bridgehead atoms. The van der Waals surface area contributed by atoms with Gasteiger partial charge in [0.05, 0.1) is 5.69 Å². The van der Waals surface area contributed by atoms with E-state index < -0.39 is 6.36 Å². The van der Waals surface area contributed by atoms with Gasteiger partial charge >= 0.3 is 6.36 Å². The van der Waals surface area contributed by atoms with Gasteiger partial charge in [-0.25, -0.2) is 9.97 Å². The molecule has 8 heteroatoms. The molecule has 2 aromatic heterocycles. The number of halogens is 3. The molecule has 3 aromatic rings. The SMILES string of the molecule is FC(F)(F)Oc1ccc(-c2ccc(CN3CCc4nc(C5CCCCC5)ncc4C3)cn2)cc1. The van der Waals surface area contributed by atoms with Crippen molar-refractivity contribution in [2.24, 2.45) is 0 Å². The summed E-state index contributed by atoms with van der Waals surface area (Å²) in [5.41, 5.74) is 4.92. The number of rotatable bonds is 5. The fourth-order valence-electron chi connectivity index (χ4n) is 4.86. The number of hydrogen-bond donors (Lipinski definition) is 0. The Morgan fingerprint density at radius 2 is 1.74 bits per heavy atom. The van der Waals surface area contributed by atoms with E-state index in [9.17, 15) is 13.2 Å². The third-order valence-corrected chi connectivity index (χ3v) is 6.62. The van der Waals surface area contributed by atoms with Crippen LogP contribution in [0.4, 0.5) is 13.2 Å². The van der Waals surface area contributed by atoms with E-state index in [1.54, 1.807) is 12.1 Å². The third kappa shape index (κ3) is 5.55. The number of hydrogen-bond acceptors (Lipinski definition) is 5. The average Bonchev–Trinajstić information content (AvgIpc) is 2.84. The number of alkyl halides is 3. The summed E-state index contributed by atoms with van der Waals surface area (Å²) in [6, 6.07) is 9.65. The van der Waals surface area contributed by atoms with Gasteiger partial charge in [-0.1, -0.05) is 25.3 Å². The van der Waals surface area contributed by atoms with Gasteiger partial charge in [-0.2, -0.15) is 0 Å². The molecule has 1 fully saturated rings. The molecule has 1 saturated carbocycles. The molecule has 0 N–H and O–H groups in total. The predicted octanol–water partition coefficient (Wildman–Crippen LogP) is 6.04. The monoisotopic (exact) mass is 468 g/mol. The molecule has 1 aliphatic carbocycles. The summed E-state index contributed by atoms with van der Waals surface area (Å²) in [7, 11) is 0. The first kappa shape index (κ1) is 22.8. The summed E-state index contributed by atoms with van der Waals surface area (Å²) < 4.78 is 40.9. The zero-order valence-corrected chi connectivity index (χ0v) is 18.9. The lowest BCUT2D eigenvalue weighted by atomic mass is 9.88. The van der Waals surface area contributed by atoms with Crippen LogP contribution in [0.5, 0.6) is 5.75 Å². The van der Waals surface area contributed by atoms with Crippen molar-refractivity contribution in [3.63, 3.8) is 0 Å². The number of aromatic nitrogens is 3. The zero-order valence-electron chi connectivity index (χ0n) is 18.9. The van der Waals surface area contributed by atoms with E-state index in [0.717, 1.165) is 43.0 Å². The van der Waals surface area contributed by atoms with Gasteiger partial charge in [0.15, 0.2) is 0 Å². The van der Waals surface area contributed by atoms with Crippen molar-refractivity contribution in [2.75, 3.05) is 6.54 Å². The van der Waals surface area contributed by atoms with E-state index in [0.29, 0.717) is 11.6 Å². The summed E-state index contributed by atoms with van der Waals surface area (Å²) in [4.78, 5) is 16.5. The van der Waals surface area contributed by atoms with Crippen LogP contribution in [0.15, 0.2) is 48.8 Å². The Hall–Kier alpha value is -3.00. The van der Waals surface area contributed by atoms with Crippen LogP contribution >= 0.6 is 0 Å². The van der Waals surface area contributed by atoms with Gasteiger partial charge < -0.3 is 4.74 Å². The van der Waals surface area contributed by atoms with E-state index in [2.05, 4.69) is 14.6 Å². The Labute approximate surface area is 197 Å². The minimum Gasteiger partial charge on any atom is -0.406 e. The zero-order chi connectivity index (χ0) is 23.5. The van der Waals surface area contributed by atoms with Crippen LogP contribution in [0, 0.1) is 0 Å². The molecule has 0 amide bonds. The number of ether oxygens (including phenoxy) is 1. The molecule has 2 aliphatic rings. The summed E-state index contributed by atoms with van der Waals surface area (Å²) in [5.74, 6) is 1.31. The Bertz CT molecular complexity index is 1110. The molecule has 178 valence electrons. The minimum atomic E-state index is -4.69. The third-order valence-electron chi connectivity index (χ3n) is 6.62. The van der Waals surface area contributed by atoms with Gasteiger partial charge in [-0.15, -0.1) is 13.2 Å². The van der Waals surface area contributed by atoms with Gasteiger partial charge in [0.1, 0.15) is 11.6 Å². The van der Waals surface area contributed by atoms with Crippen LogP contribution in [-0.4, -0.2) is 32.8 Å². The maximum Gasteiger partial charge on any atom is 0.573 e. The molecule has 0 unspecified atom stereocenters. The molecule has 34 heavy (non-hydrogen) atoms. The highest BCUT2D eigenvalue weighted by Gasteiger charge is 2.31. The van der Waals surface area contributed by atoms with Crippen LogP contribution in [0.25, 0.3) is 11.3 Å². The lowest BCUT2D eigenvalue weighted by Gasteiger charge is -2.29. The highest BCUT2D eigenvalue weighted by Crippen LogP contribution is 2.31. The van der Waals surface area contributed by atoms with Crippen molar-refractivity contribution in [1.29, 1.82) is 0 Å². The normalized spacial score (nSPS) is 17.4. The Kier molecular flexibility index (Phi) is 6.50. The summed E-state index contributed by atoms with van der Waals surface area (Å²) >= 11 is 0. The van der Waals surface area contributed by atoms with Crippen LogP contribution in [-0.2, 0) is 19.5 Å². The van der Waals surface area contributed by atoms with Gasteiger partial charge in [-0.05, 0) is 48.7 Å². The second kappa shape index (κ2) is 9.70. The highest BCUT2D eigenvalue weighted by atomic mass is 19.4. The quantitative estimate of drug-likeness (QED) is 0.457. The second-order valence-electron chi connectivity index (χ2n) is 9.12. The lowest BCUT2D eigenvalue weighted by molar-refractivity contribution is -0.274. The number of pyridine rings is 1. The van der Waals surface area contributed by atoms with Crippen molar-refractivity contribution in [1.82, 2.24) is 19.9 Å². The van der Waals surface area contributed by atoms with Crippen molar-refractivity contribution in [3.05, 3.63) is 71.4 Å². The summed E-state index contributed by atoms with van der Waals surface area (Å²) in [5, 5.41) is 0. The van der Waals surface area contributed by atoms with Crippen molar-refractivity contribution >= 4 is 0 Å². The van der Waals surface area contributed by atoms with Crippen molar-refractivity contribution in [2.45, 2.75) is 63.9 Å². The highest BCUT2D eigenvalue weighted by molar-refractivity contribution is 5.60.